The van der Waals surface area contributed by atoms with Gasteiger partial charge in [0.25, 0.3) is 0 Å². The third-order valence-electron chi connectivity index (χ3n) is 3.31. The molecule has 1 heterocycles. The van der Waals surface area contributed by atoms with Gasteiger partial charge in [-0.3, -0.25) is 9.78 Å². The van der Waals surface area contributed by atoms with E-state index >= 15 is 0 Å². The van der Waals surface area contributed by atoms with Gasteiger partial charge < -0.3 is 15.1 Å². The Morgan fingerprint density at radius 2 is 2.22 bits per heavy atom. The molecule has 6 nitrogen and oxygen atoms in total. The van der Waals surface area contributed by atoms with Gasteiger partial charge in [0.2, 0.25) is 5.91 Å². The maximum absolute atomic E-state index is 12.1. The first kappa shape index (κ1) is 11.0. The van der Waals surface area contributed by atoms with Crippen molar-refractivity contribution in [3.63, 3.8) is 0 Å². The summed E-state index contributed by atoms with van der Waals surface area (Å²) in [5, 5.41) is 0. The molecule has 3 N–H and O–H groups in total. The second-order valence-corrected chi connectivity index (χ2v) is 4.72. The standard InChI is InChI=1S/C12H13N3O3/c1-15(10(16)12(13)4-5-12)7-2-3-8-9(6-7)18-11(17)14-8/h2-3,6H,4-5,13H2,1H3,(H,14,17). The molecular formula is C12H13N3O3. The summed E-state index contributed by atoms with van der Waals surface area (Å²) in [7, 11) is 1.67. The molecular weight excluding hydrogens is 234 g/mol. The number of hydrogen-bond acceptors (Lipinski definition) is 4. The first-order valence-corrected chi connectivity index (χ1v) is 5.69. The van der Waals surface area contributed by atoms with Gasteiger partial charge in [-0.05, 0) is 25.0 Å². The third kappa shape index (κ3) is 1.62. The summed E-state index contributed by atoms with van der Waals surface area (Å²) >= 11 is 0. The number of nitrogens with zero attached hydrogens (tertiary/aromatic N) is 1. The first-order valence-electron chi connectivity index (χ1n) is 5.69. The minimum Gasteiger partial charge on any atom is -0.408 e. The van der Waals surface area contributed by atoms with Crippen LogP contribution in [-0.2, 0) is 4.79 Å². The average molecular weight is 247 g/mol. The molecule has 1 aromatic carbocycles. The van der Waals surface area contributed by atoms with Crippen LogP contribution in [0.1, 0.15) is 12.8 Å². The predicted octanol–water partition coefficient (Wildman–Crippen LogP) is 0.575. The van der Waals surface area contributed by atoms with Crippen LogP contribution in [0.3, 0.4) is 0 Å². The van der Waals surface area contributed by atoms with Gasteiger partial charge in [-0.25, -0.2) is 4.79 Å². The average Bonchev–Trinajstić information content (AvgIpc) is 2.98. The number of likely N-dealkylation sites (N-methyl/N-ethyl adjacent to an activating group) is 1. The van der Waals surface area contributed by atoms with Gasteiger partial charge in [-0.15, -0.1) is 0 Å². The Bertz CT molecular complexity index is 681. The van der Waals surface area contributed by atoms with Crippen LogP contribution in [-0.4, -0.2) is 23.5 Å². The summed E-state index contributed by atoms with van der Waals surface area (Å²) in [6.45, 7) is 0. The summed E-state index contributed by atoms with van der Waals surface area (Å²) in [6.07, 6.45) is 1.44. The highest BCUT2D eigenvalue weighted by molar-refractivity contribution is 6.02. The minimum absolute atomic E-state index is 0.111. The molecule has 0 saturated heterocycles. The summed E-state index contributed by atoms with van der Waals surface area (Å²) in [4.78, 5) is 27.2. The molecule has 18 heavy (non-hydrogen) atoms. The second-order valence-electron chi connectivity index (χ2n) is 4.72. The van der Waals surface area contributed by atoms with Gasteiger partial charge in [0.15, 0.2) is 5.58 Å². The molecule has 1 amide bonds. The fourth-order valence-electron chi connectivity index (χ4n) is 1.94. The van der Waals surface area contributed by atoms with Crippen LogP contribution in [0.2, 0.25) is 0 Å². The lowest BCUT2D eigenvalue weighted by molar-refractivity contribution is -0.120. The number of carbonyl (C=O) groups excluding carboxylic acids is 1. The van der Waals surface area contributed by atoms with Crippen molar-refractivity contribution in [2.75, 3.05) is 11.9 Å². The van der Waals surface area contributed by atoms with E-state index in [4.69, 9.17) is 10.2 Å². The van der Waals surface area contributed by atoms with Gasteiger partial charge in [-0.1, -0.05) is 0 Å². The number of hydrogen-bond donors (Lipinski definition) is 2. The number of rotatable bonds is 2. The van der Waals surface area contributed by atoms with Crippen molar-refractivity contribution in [2.24, 2.45) is 5.73 Å². The van der Waals surface area contributed by atoms with E-state index in [2.05, 4.69) is 4.98 Å². The highest BCUT2D eigenvalue weighted by Gasteiger charge is 2.47. The maximum Gasteiger partial charge on any atom is 0.417 e. The number of carbonyl (C=O) groups is 1. The van der Waals surface area contributed by atoms with Gasteiger partial charge in [-0.2, -0.15) is 0 Å². The lowest BCUT2D eigenvalue weighted by Crippen LogP contribution is -2.43. The number of anilines is 1. The monoisotopic (exact) mass is 247 g/mol. The molecule has 1 fully saturated rings. The number of oxazole rings is 1. The van der Waals surface area contributed by atoms with Crippen molar-refractivity contribution in [3.8, 4) is 0 Å². The van der Waals surface area contributed by atoms with E-state index in [0.29, 0.717) is 16.8 Å². The quantitative estimate of drug-likeness (QED) is 0.811. The van der Waals surface area contributed by atoms with E-state index in [1.54, 1.807) is 25.2 Å². The molecule has 6 heteroatoms. The maximum atomic E-state index is 12.1. The number of nitrogens with one attached hydrogen (secondary N) is 1. The largest absolute Gasteiger partial charge is 0.417 e. The Morgan fingerprint density at radius 3 is 2.89 bits per heavy atom. The van der Waals surface area contributed by atoms with Crippen LogP contribution in [0.15, 0.2) is 27.4 Å². The molecule has 1 aromatic heterocycles. The van der Waals surface area contributed by atoms with Crippen molar-refractivity contribution < 1.29 is 9.21 Å². The molecule has 2 aromatic rings. The summed E-state index contributed by atoms with van der Waals surface area (Å²) in [6, 6.07) is 5.10. The number of aromatic amines is 1. The molecule has 0 spiro atoms. The summed E-state index contributed by atoms with van der Waals surface area (Å²) in [5.74, 6) is -0.617. The fraction of sp³-hybridized carbons (Fsp3) is 0.333. The molecule has 1 saturated carbocycles. The molecule has 3 rings (SSSR count). The van der Waals surface area contributed by atoms with Crippen molar-refractivity contribution in [2.45, 2.75) is 18.4 Å². The molecule has 94 valence electrons. The van der Waals surface area contributed by atoms with Crippen LogP contribution in [0.4, 0.5) is 5.69 Å². The zero-order chi connectivity index (χ0) is 12.9. The number of benzene rings is 1. The van der Waals surface area contributed by atoms with Crippen LogP contribution in [0.25, 0.3) is 11.1 Å². The van der Waals surface area contributed by atoms with E-state index in [-0.39, 0.29) is 5.91 Å². The molecule has 0 unspecified atom stereocenters. The van der Waals surface area contributed by atoms with Crippen molar-refractivity contribution >= 4 is 22.7 Å². The minimum atomic E-state index is -0.706. The SMILES string of the molecule is CN(C(=O)C1(N)CC1)c1ccc2[nH]c(=O)oc2c1. The zero-order valence-electron chi connectivity index (χ0n) is 9.90. The number of fused-ring (bicyclic) bond motifs is 1. The smallest absolute Gasteiger partial charge is 0.408 e. The first-order chi connectivity index (χ1) is 8.49. The molecule has 0 aliphatic heterocycles. The normalized spacial score (nSPS) is 16.8. The summed E-state index contributed by atoms with van der Waals surface area (Å²) in [5.41, 5.74) is 6.87. The number of nitrogens with two attached hydrogens (primary N) is 1. The molecule has 0 atom stereocenters. The molecule has 0 bridgehead atoms. The van der Waals surface area contributed by atoms with Crippen molar-refractivity contribution in [3.05, 3.63) is 28.7 Å². The molecule has 1 aliphatic rings. The third-order valence-corrected chi connectivity index (χ3v) is 3.31. The van der Waals surface area contributed by atoms with E-state index in [9.17, 15) is 9.59 Å². The highest BCUT2D eigenvalue weighted by Crippen LogP contribution is 2.35. The Labute approximate surface area is 102 Å². The van der Waals surface area contributed by atoms with Crippen LogP contribution in [0.5, 0.6) is 0 Å². The Hall–Kier alpha value is -2.08. The van der Waals surface area contributed by atoms with Gasteiger partial charge >= 0.3 is 5.76 Å². The molecule has 1 aliphatic carbocycles. The number of H-pyrrole nitrogens is 1. The van der Waals surface area contributed by atoms with Crippen LogP contribution in [0, 0.1) is 0 Å². The van der Waals surface area contributed by atoms with Crippen LogP contribution < -0.4 is 16.4 Å². The van der Waals surface area contributed by atoms with E-state index in [1.807, 2.05) is 0 Å². The lowest BCUT2D eigenvalue weighted by Gasteiger charge is -2.20. The summed E-state index contributed by atoms with van der Waals surface area (Å²) < 4.78 is 4.96. The van der Waals surface area contributed by atoms with Crippen LogP contribution >= 0.6 is 0 Å². The van der Waals surface area contributed by atoms with E-state index in [1.165, 1.54) is 4.90 Å². The lowest BCUT2D eigenvalue weighted by atomic mass is 10.2. The highest BCUT2D eigenvalue weighted by atomic mass is 16.4. The fourth-order valence-corrected chi connectivity index (χ4v) is 1.94. The Morgan fingerprint density at radius 1 is 1.50 bits per heavy atom. The van der Waals surface area contributed by atoms with Gasteiger partial charge in [0.1, 0.15) is 0 Å². The Balaban J connectivity index is 1.98. The number of aromatic nitrogens is 1. The zero-order valence-corrected chi connectivity index (χ0v) is 9.90. The topological polar surface area (TPSA) is 92.3 Å². The van der Waals surface area contributed by atoms with Gasteiger partial charge in [0.05, 0.1) is 11.1 Å². The van der Waals surface area contributed by atoms with E-state index < -0.39 is 11.3 Å². The number of amides is 1. The predicted molar refractivity (Wildman–Crippen MR) is 66.4 cm³/mol. The van der Waals surface area contributed by atoms with Gasteiger partial charge in [0, 0.05) is 18.8 Å². The van der Waals surface area contributed by atoms with E-state index in [0.717, 1.165) is 12.8 Å². The Kier molecular flexibility index (Phi) is 2.12. The molecule has 0 radical (unpaired) electrons. The van der Waals surface area contributed by atoms with Crippen molar-refractivity contribution in [1.82, 2.24) is 4.98 Å². The van der Waals surface area contributed by atoms with Crippen molar-refractivity contribution in [1.29, 1.82) is 0 Å². The second kappa shape index (κ2) is 3.46.